The Bertz CT molecular complexity index is 262. The maximum Gasteiger partial charge on any atom is 0.106 e. The summed E-state index contributed by atoms with van der Waals surface area (Å²) in [6.45, 7) is 9.04. The Morgan fingerprint density at radius 3 is 2.19 bits per heavy atom. The van der Waals surface area contributed by atoms with Crippen LogP contribution in [-0.2, 0) is 4.74 Å². The van der Waals surface area contributed by atoms with Crippen LogP contribution in [0.3, 0.4) is 0 Å². The van der Waals surface area contributed by atoms with Gasteiger partial charge in [-0.3, -0.25) is 5.32 Å². The second-order valence-electron chi connectivity index (χ2n) is 5.96. The maximum absolute atomic E-state index is 9.39. The van der Waals surface area contributed by atoms with E-state index in [1.165, 1.54) is 38.5 Å². The number of nitrogens with one attached hydrogen (secondary N) is 1. The molecule has 0 aliphatic rings. The van der Waals surface area contributed by atoms with Crippen molar-refractivity contribution in [2.75, 3.05) is 19.8 Å². The minimum atomic E-state index is -0.348. The van der Waals surface area contributed by atoms with E-state index in [9.17, 15) is 5.26 Å². The van der Waals surface area contributed by atoms with Crippen molar-refractivity contribution in [3.63, 3.8) is 0 Å². The minimum Gasteiger partial charge on any atom is -0.381 e. The molecule has 0 aliphatic carbocycles. The van der Waals surface area contributed by atoms with Crippen LogP contribution in [0.4, 0.5) is 0 Å². The Morgan fingerprint density at radius 2 is 1.57 bits per heavy atom. The number of ether oxygens (including phenoxy) is 1. The van der Waals surface area contributed by atoms with Crippen LogP contribution in [0.5, 0.6) is 0 Å². The zero-order chi connectivity index (χ0) is 15.8. The number of nitriles is 1. The van der Waals surface area contributed by atoms with E-state index < -0.39 is 0 Å². The molecular formula is C18H36N2O. The van der Waals surface area contributed by atoms with Gasteiger partial charge in [0.25, 0.3) is 0 Å². The highest BCUT2D eigenvalue weighted by atomic mass is 16.5. The first-order chi connectivity index (χ1) is 10.2. The lowest BCUT2D eigenvalue weighted by Gasteiger charge is -2.26. The van der Waals surface area contributed by atoms with Gasteiger partial charge in [0.05, 0.1) is 6.07 Å². The molecule has 0 fully saturated rings. The van der Waals surface area contributed by atoms with Crippen LogP contribution in [0, 0.1) is 11.3 Å². The van der Waals surface area contributed by atoms with Gasteiger partial charge in [-0.2, -0.15) is 5.26 Å². The summed E-state index contributed by atoms with van der Waals surface area (Å²) in [4.78, 5) is 0. The van der Waals surface area contributed by atoms with Crippen molar-refractivity contribution in [1.29, 1.82) is 5.26 Å². The minimum absolute atomic E-state index is 0.348. The van der Waals surface area contributed by atoms with Crippen LogP contribution in [0.15, 0.2) is 0 Å². The third kappa shape index (κ3) is 10.7. The summed E-state index contributed by atoms with van der Waals surface area (Å²) >= 11 is 0. The van der Waals surface area contributed by atoms with Gasteiger partial charge < -0.3 is 4.74 Å². The molecule has 0 heterocycles. The summed E-state index contributed by atoms with van der Waals surface area (Å²) < 4.78 is 5.69. The Balaban J connectivity index is 3.56. The molecule has 0 bridgehead atoms. The zero-order valence-electron chi connectivity index (χ0n) is 14.5. The summed E-state index contributed by atoms with van der Waals surface area (Å²) in [5, 5.41) is 12.8. The first kappa shape index (κ1) is 20.4. The van der Waals surface area contributed by atoms with Gasteiger partial charge in [0.2, 0.25) is 0 Å². The first-order valence-corrected chi connectivity index (χ1v) is 8.98. The third-order valence-electron chi connectivity index (χ3n) is 4.07. The average Bonchev–Trinajstić information content (AvgIpc) is 2.52. The lowest BCUT2D eigenvalue weighted by Crippen LogP contribution is -2.44. The molecule has 0 aromatic heterocycles. The molecule has 0 spiro atoms. The number of hydrogen-bond acceptors (Lipinski definition) is 3. The lowest BCUT2D eigenvalue weighted by atomic mass is 9.92. The van der Waals surface area contributed by atoms with E-state index in [0.717, 1.165) is 45.4 Å². The molecule has 21 heavy (non-hydrogen) atoms. The molecule has 0 amide bonds. The Morgan fingerprint density at radius 1 is 0.905 bits per heavy atom. The quantitative estimate of drug-likeness (QED) is 0.441. The van der Waals surface area contributed by atoms with Crippen molar-refractivity contribution in [2.45, 2.75) is 90.5 Å². The van der Waals surface area contributed by atoms with E-state index >= 15 is 0 Å². The van der Waals surface area contributed by atoms with Crippen molar-refractivity contribution in [3.8, 4) is 6.07 Å². The standard InChI is InChI=1S/C18H36N2O/c1-4-7-8-9-10-11-15-21-16-12-13-18(6-3,17-19)20-14-5-2/h20H,4-16H2,1-3H3. The number of nitrogens with zero attached hydrogens (tertiary/aromatic N) is 1. The van der Waals surface area contributed by atoms with Crippen molar-refractivity contribution in [3.05, 3.63) is 0 Å². The van der Waals surface area contributed by atoms with Gasteiger partial charge >= 0.3 is 0 Å². The molecule has 124 valence electrons. The SMILES string of the molecule is CCCCCCCCOCCCC(C#N)(CC)NCCC. The van der Waals surface area contributed by atoms with Gasteiger partial charge in [-0.1, -0.05) is 52.9 Å². The van der Waals surface area contributed by atoms with E-state index in [-0.39, 0.29) is 5.54 Å². The van der Waals surface area contributed by atoms with Crippen molar-refractivity contribution < 1.29 is 4.74 Å². The largest absolute Gasteiger partial charge is 0.381 e. The van der Waals surface area contributed by atoms with Gasteiger partial charge in [0.15, 0.2) is 0 Å². The fraction of sp³-hybridized carbons (Fsp3) is 0.944. The third-order valence-corrected chi connectivity index (χ3v) is 4.07. The molecule has 3 nitrogen and oxygen atoms in total. The van der Waals surface area contributed by atoms with Crippen LogP contribution in [0.25, 0.3) is 0 Å². The fourth-order valence-corrected chi connectivity index (χ4v) is 2.49. The van der Waals surface area contributed by atoms with Gasteiger partial charge in [-0.15, -0.1) is 0 Å². The summed E-state index contributed by atoms with van der Waals surface area (Å²) in [7, 11) is 0. The highest BCUT2D eigenvalue weighted by Gasteiger charge is 2.25. The molecule has 1 atom stereocenters. The van der Waals surface area contributed by atoms with E-state index in [1.807, 2.05) is 0 Å². The summed E-state index contributed by atoms with van der Waals surface area (Å²) in [5.41, 5.74) is -0.348. The van der Waals surface area contributed by atoms with Gasteiger partial charge in [0, 0.05) is 13.2 Å². The number of unbranched alkanes of at least 4 members (excludes halogenated alkanes) is 5. The highest BCUT2D eigenvalue weighted by Crippen LogP contribution is 2.16. The molecule has 0 rings (SSSR count). The molecule has 0 radical (unpaired) electrons. The van der Waals surface area contributed by atoms with Crippen LogP contribution in [0.2, 0.25) is 0 Å². The van der Waals surface area contributed by atoms with Crippen molar-refractivity contribution in [2.24, 2.45) is 0 Å². The maximum atomic E-state index is 9.39. The smallest absolute Gasteiger partial charge is 0.106 e. The molecule has 1 N–H and O–H groups in total. The van der Waals surface area contributed by atoms with Gasteiger partial charge in [-0.05, 0) is 38.6 Å². The summed E-state index contributed by atoms with van der Waals surface area (Å²) in [5.74, 6) is 0. The second kappa shape index (κ2) is 14.4. The van der Waals surface area contributed by atoms with Crippen molar-refractivity contribution in [1.82, 2.24) is 5.32 Å². The Labute approximate surface area is 132 Å². The van der Waals surface area contributed by atoms with E-state index in [2.05, 4.69) is 32.2 Å². The summed E-state index contributed by atoms with van der Waals surface area (Å²) in [6, 6.07) is 2.46. The molecular weight excluding hydrogens is 260 g/mol. The lowest BCUT2D eigenvalue weighted by molar-refractivity contribution is 0.121. The van der Waals surface area contributed by atoms with E-state index in [4.69, 9.17) is 4.74 Å². The Hall–Kier alpha value is -0.590. The zero-order valence-corrected chi connectivity index (χ0v) is 14.5. The second-order valence-corrected chi connectivity index (χ2v) is 5.96. The van der Waals surface area contributed by atoms with Gasteiger partial charge in [0.1, 0.15) is 5.54 Å². The highest BCUT2D eigenvalue weighted by molar-refractivity contribution is 5.06. The van der Waals surface area contributed by atoms with E-state index in [1.54, 1.807) is 0 Å². The average molecular weight is 296 g/mol. The van der Waals surface area contributed by atoms with Crippen LogP contribution < -0.4 is 5.32 Å². The fourth-order valence-electron chi connectivity index (χ4n) is 2.49. The summed E-state index contributed by atoms with van der Waals surface area (Å²) in [6.07, 6.45) is 11.6. The molecule has 0 saturated heterocycles. The van der Waals surface area contributed by atoms with Crippen LogP contribution in [0.1, 0.15) is 85.0 Å². The predicted octanol–water partition coefficient (Wildman–Crippen LogP) is 4.82. The molecule has 0 aromatic rings. The molecule has 0 aliphatic heterocycles. The number of rotatable bonds is 15. The monoisotopic (exact) mass is 296 g/mol. The van der Waals surface area contributed by atoms with E-state index in [0.29, 0.717) is 0 Å². The predicted molar refractivity (Wildman–Crippen MR) is 90.4 cm³/mol. The van der Waals surface area contributed by atoms with Crippen LogP contribution >= 0.6 is 0 Å². The topological polar surface area (TPSA) is 45.0 Å². The first-order valence-electron chi connectivity index (χ1n) is 8.98. The Kier molecular flexibility index (Phi) is 13.9. The number of hydrogen-bond donors (Lipinski definition) is 1. The van der Waals surface area contributed by atoms with Crippen molar-refractivity contribution >= 4 is 0 Å². The molecule has 3 heteroatoms. The molecule has 1 unspecified atom stereocenters. The molecule has 0 aromatic carbocycles. The normalized spacial score (nSPS) is 13.8. The van der Waals surface area contributed by atoms with Gasteiger partial charge in [-0.25, -0.2) is 0 Å². The molecule has 0 saturated carbocycles. The van der Waals surface area contributed by atoms with Crippen LogP contribution in [-0.4, -0.2) is 25.3 Å².